The van der Waals surface area contributed by atoms with Crippen LogP contribution in [0.3, 0.4) is 0 Å². The molecule has 16 heavy (non-hydrogen) atoms. The molecule has 1 atom stereocenters. The number of hydrogen-bond acceptors (Lipinski definition) is 4. The topological polar surface area (TPSA) is 38.1 Å². The zero-order valence-corrected chi connectivity index (χ0v) is 10.4. The minimum Gasteiger partial charge on any atom is -0.468 e. The molecule has 2 heterocycles. The van der Waals surface area contributed by atoms with E-state index < -0.39 is 0 Å². The van der Waals surface area contributed by atoms with Gasteiger partial charge in [-0.3, -0.25) is 0 Å². The average Bonchev–Trinajstić information content (AvgIpc) is 2.89. The van der Waals surface area contributed by atoms with Crippen molar-refractivity contribution in [2.75, 3.05) is 6.54 Å². The van der Waals surface area contributed by atoms with Crippen molar-refractivity contribution in [1.29, 1.82) is 0 Å². The van der Waals surface area contributed by atoms with E-state index in [9.17, 15) is 0 Å². The fourth-order valence-corrected chi connectivity index (χ4v) is 2.37. The molecule has 1 N–H and O–H groups in total. The summed E-state index contributed by atoms with van der Waals surface area (Å²) in [6.45, 7) is 5.92. The van der Waals surface area contributed by atoms with Gasteiger partial charge in [0.05, 0.1) is 17.8 Å². The molecule has 0 aliphatic heterocycles. The van der Waals surface area contributed by atoms with Crippen molar-refractivity contribution in [3.05, 3.63) is 40.2 Å². The molecule has 0 radical (unpaired) electrons. The highest BCUT2D eigenvalue weighted by atomic mass is 32.1. The van der Waals surface area contributed by atoms with Crippen LogP contribution in [0.4, 0.5) is 0 Å². The largest absolute Gasteiger partial charge is 0.468 e. The van der Waals surface area contributed by atoms with Crippen LogP contribution in [0.2, 0.25) is 0 Å². The number of nitrogens with one attached hydrogen (secondary N) is 1. The Balaban J connectivity index is 1.78. The number of aryl methyl sites for hydroxylation is 1. The van der Waals surface area contributed by atoms with Crippen LogP contribution in [-0.2, 0) is 6.54 Å². The maximum absolute atomic E-state index is 5.25. The molecule has 2 aromatic rings. The Morgan fingerprint density at radius 1 is 1.56 bits per heavy atom. The maximum atomic E-state index is 5.25. The van der Waals surface area contributed by atoms with Crippen LogP contribution in [-0.4, -0.2) is 11.5 Å². The zero-order chi connectivity index (χ0) is 11.4. The SMILES string of the molecule is Cc1csc(C(C)CNCc2ccco2)n1. The third-order valence-electron chi connectivity index (χ3n) is 2.39. The molecule has 0 aliphatic rings. The van der Waals surface area contributed by atoms with Gasteiger partial charge in [0.25, 0.3) is 0 Å². The third kappa shape index (κ3) is 2.93. The quantitative estimate of drug-likeness (QED) is 0.867. The molecule has 0 spiro atoms. The molecule has 3 nitrogen and oxygen atoms in total. The Bertz CT molecular complexity index is 422. The molecule has 0 bridgehead atoms. The first-order valence-corrected chi connectivity index (χ1v) is 6.29. The first kappa shape index (κ1) is 11.4. The Morgan fingerprint density at radius 2 is 2.44 bits per heavy atom. The predicted octanol–water partition coefficient (Wildman–Crippen LogP) is 2.94. The molecule has 2 aromatic heterocycles. The Morgan fingerprint density at radius 3 is 3.06 bits per heavy atom. The van der Waals surface area contributed by atoms with E-state index in [1.54, 1.807) is 17.6 Å². The highest BCUT2D eigenvalue weighted by Gasteiger charge is 2.08. The third-order valence-corrected chi connectivity index (χ3v) is 3.58. The summed E-state index contributed by atoms with van der Waals surface area (Å²) in [5, 5.41) is 6.66. The fourth-order valence-electron chi connectivity index (χ4n) is 1.51. The Labute approximate surface area is 99.5 Å². The second-order valence-electron chi connectivity index (χ2n) is 3.94. The summed E-state index contributed by atoms with van der Waals surface area (Å²) >= 11 is 1.73. The summed E-state index contributed by atoms with van der Waals surface area (Å²) in [7, 11) is 0. The van der Waals surface area contributed by atoms with Gasteiger partial charge in [0.2, 0.25) is 0 Å². The smallest absolute Gasteiger partial charge is 0.117 e. The predicted molar refractivity (Wildman–Crippen MR) is 65.7 cm³/mol. The van der Waals surface area contributed by atoms with Crippen molar-refractivity contribution in [2.45, 2.75) is 26.3 Å². The molecule has 0 aromatic carbocycles. The van der Waals surface area contributed by atoms with E-state index >= 15 is 0 Å². The summed E-state index contributed by atoms with van der Waals surface area (Å²) in [6.07, 6.45) is 1.70. The van der Waals surface area contributed by atoms with Gasteiger partial charge in [-0.2, -0.15) is 0 Å². The number of aromatic nitrogens is 1. The van der Waals surface area contributed by atoms with Crippen LogP contribution >= 0.6 is 11.3 Å². The van der Waals surface area contributed by atoms with Crippen molar-refractivity contribution in [1.82, 2.24) is 10.3 Å². The number of hydrogen-bond donors (Lipinski definition) is 1. The molecular formula is C12H16N2OS. The van der Waals surface area contributed by atoms with Crippen LogP contribution in [0.15, 0.2) is 28.2 Å². The summed E-state index contributed by atoms with van der Waals surface area (Å²) in [4.78, 5) is 4.48. The van der Waals surface area contributed by atoms with Gasteiger partial charge in [-0.15, -0.1) is 11.3 Å². The molecule has 0 amide bonds. The van der Waals surface area contributed by atoms with Crippen molar-refractivity contribution < 1.29 is 4.42 Å². The molecule has 0 aliphatic carbocycles. The van der Waals surface area contributed by atoms with Gasteiger partial charge >= 0.3 is 0 Å². The summed E-state index contributed by atoms with van der Waals surface area (Å²) in [6, 6.07) is 3.88. The minimum atomic E-state index is 0.452. The summed E-state index contributed by atoms with van der Waals surface area (Å²) in [5.41, 5.74) is 1.11. The number of rotatable bonds is 5. The normalized spacial score (nSPS) is 12.9. The molecule has 86 valence electrons. The molecule has 2 rings (SSSR count). The molecule has 0 saturated heterocycles. The van der Waals surface area contributed by atoms with Crippen LogP contribution in [0.25, 0.3) is 0 Å². The van der Waals surface area contributed by atoms with E-state index in [4.69, 9.17) is 4.42 Å². The van der Waals surface area contributed by atoms with E-state index in [0.29, 0.717) is 5.92 Å². The van der Waals surface area contributed by atoms with Crippen molar-refractivity contribution >= 4 is 11.3 Å². The highest BCUT2D eigenvalue weighted by Crippen LogP contribution is 2.18. The average molecular weight is 236 g/mol. The summed E-state index contributed by atoms with van der Waals surface area (Å²) < 4.78 is 5.25. The fraction of sp³-hybridized carbons (Fsp3) is 0.417. The van der Waals surface area contributed by atoms with Crippen LogP contribution in [0.5, 0.6) is 0 Å². The van der Waals surface area contributed by atoms with Gasteiger partial charge in [-0.05, 0) is 19.1 Å². The van der Waals surface area contributed by atoms with E-state index in [0.717, 1.165) is 24.5 Å². The monoisotopic (exact) mass is 236 g/mol. The van der Waals surface area contributed by atoms with Gasteiger partial charge in [0.15, 0.2) is 0 Å². The number of thiazole rings is 1. The second kappa shape index (κ2) is 5.27. The van der Waals surface area contributed by atoms with Crippen molar-refractivity contribution in [3.8, 4) is 0 Å². The van der Waals surface area contributed by atoms with E-state index in [2.05, 4.69) is 22.6 Å². The van der Waals surface area contributed by atoms with Crippen LogP contribution in [0.1, 0.15) is 29.3 Å². The van der Waals surface area contributed by atoms with Crippen LogP contribution < -0.4 is 5.32 Å². The van der Waals surface area contributed by atoms with E-state index in [1.165, 1.54) is 5.01 Å². The molecular weight excluding hydrogens is 220 g/mol. The highest BCUT2D eigenvalue weighted by molar-refractivity contribution is 7.09. The van der Waals surface area contributed by atoms with E-state index in [-0.39, 0.29) is 0 Å². The standard InChI is InChI=1S/C12H16N2OS/c1-9(12-14-10(2)8-16-12)6-13-7-11-4-3-5-15-11/h3-5,8-9,13H,6-7H2,1-2H3. The molecule has 0 saturated carbocycles. The minimum absolute atomic E-state index is 0.452. The lowest BCUT2D eigenvalue weighted by Gasteiger charge is -2.08. The van der Waals surface area contributed by atoms with Crippen molar-refractivity contribution in [2.24, 2.45) is 0 Å². The van der Waals surface area contributed by atoms with Gasteiger partial charge in [-0.25, -0.2) is 4.98 Å². The van der Waals surface area contributed by atoms with E-state index in [1.807, 2.05) is 19.1 Å². The number of nitrogens with zero attached hydrogens (tertiary/aromatic N) is 1. The van der Waals surface area contributed by atoms with Crippen LogP contribution in [0, 0.1) is 6.92 Å². The first-order chi connectivity index (χ1) is 7.75. The van der Waals surface area contributed by atoms with Gasteiger partial charge in [0.1, 0.15) is 5.76 Å². The lowest BCUT2D eigenvalue weighted by molar-refractivity contribution is 0.476. The zero-order valence-electron chi connectivity index (χ0n) is 9.56. The maximum Gasteiger partial charge on any atom is 0.117 e. The molecule has 0 fully saturated rings. The van der Waals surface area contributed by atoms with Gasteiger partial charge < -0.3 is 9.73 Å². The lowest BCUT2D eigenvalue weighted by Crippen LogP contribution is -2.19. The van der Waals surface area contributed by atoms with Gasteiger partial charge in [-0.1, -0.05) is 6.92 Å². The first-order valence-electron chi connectivity index (χ1n) is 5.41. The molecule has 1 unspecified atom stereocenters. The number of furan rings is 1. The Kier molecular flexibility index (Phi) is 3.74. The second-order valence-corrected chi connectivity index (χ2v) is 4.83. The Hall–Kier alpha value is -1.13. The van der Waals surface area contributed by atoms with Crippen molar-refractivity contribution in [3.63, 3.8) is 0 Å². The van der Waals surface area contributed by atoms with Gasteiger partial charge in [0, 0.05) is 23.5 Å². The molecule has 4 heteroatoms. The lowest BCUT2D eigenvalue weighted by atomic mass is 10.2. The summed E-state index contributed by atoms with van der Waals surface area (Å²) in [5.74, 6) is 1.43.